The first kappa shape index (κ1) is 10.7. The van der Waals surface area contributed by atoms with Crippen LogP contribution in [-0.2, 0) is 9.16 Å². The molecule has 0 radical (unpaired) electrons. The van der Waals surface area contributed by atoms with Gasteiger partial charge >= 0.3 is 0 Å². The van der Waals surface area contributed by atoms with E-state index in [-0.39, 0.29) is 0 Å². The first-order valence-electron chi connectivity index (χ1n) is 3.82. The van der Waals surface area contributed by atoms with E-state index in [9.17, 15) is 0 Å². The predicted molar refractivity (Wildman–Crippen MR) is 50.1 cm³/mol. The molecule has 0 atom stereocenters. The average molecular weight is 174 g/mol. The van der Waals surface area contributed by atoms with Crippen LogP contribution in [0.15, 0.2) is 11.8 Å². The van der Waals surface area contributed by atoms with Crippen LogP contribution in [0.2, 0.25) is 19.6 Å². The molecule has 11 heavy (non-hydrogen) atoms. The number of ether oxygens (including phenoxy) is 1. The topological polar surface area (TPSA) is 18.5 Å². The van der Waals surface area contributed by atoms with Gasteiger partial charge in [0.15, 0.2) is 0 Å². The molecule has 66 valence electrons. The number of rotatable bonds is 4. The zero-order valence-electron chi connectivity index (χ0n) is 8.10. The molecule has 0 aliphatic rings. The van der Waals surface area contributed by atoms with Gasteiger partial charge in [0, 0.05) is 7.11 Å². The van der Waals surface area contributed by atoms with Gasteiger partial charge in [-0.3, -0.25) is 0 Å². The zero-order valence-corrected chi connectivity index (χ0v) is 9.10. The quantitative estimate of drug-likeness (QED) is 0.481. The van der Waals surface area contributed by atoms with Gasteiger partial charge in [-0.1, -0.05) is 0 Å². The minimum atomic E-state index is -1.43. The molecule has 0 amide bonds. The summed E-state index contributed by atoms with van der Waals surface area (Å²) in [6, 6.07) is 0. The van der Waals surface area contributed by atoms with Crippen LogP contribution in [0, 0.1) is 0 Å². The van der Waals surface area contributed by atoms with Crippen molar-refractivity contribution in [3.63, 3.8) is 0 Å². The molecule has 0 aromatic rings. The van der Waals surface area contributed by atoms with Crippen molar-refractivity contribution in [3.05, 3.63) is 11.8 Å². The van der Waals surface area contributed by atoms with Gasteiger partial charge in [-0.2, -0.15) is 0 Å². The maximum atomic E-state index is 5.70. The Balaban J connectivity index is 3.90. The van der Waals surface area contributed by atoms with E-state index in [1.54, 1.807) is 7.11 Å². The smallest absolute Gasteiger partial charge is 0.241 e. The fraction of sp³-hybridized carbons (Fsp3) is 0.750. The Hall–Kier alpha value is -0.283. The lowest BCUT2D eigenvalue weighted by Gasteiger charge is -2.21. The van der Waals surface area contributed by atoms with Crippen molar-refractivity contribution in [3.8, 4) is 0 Å². The van der Waals surface area contributed by atoms with E-state index in [4.69, 9.17) is 9.16 Å². The van der Waals surface area contributed by atoms with Crippen LogP contribution in [0.5, 0.6) is 0 Å². The highest BCUT2D eigenvalue weighted by Gasteiger charge is 2.16. The summed E-state index contributed by atoms with van der Waals surface area (Å²) in [6.07, 6.45) is 1.96. The van der Waals surface area contributed by atoms with Crippen molar-refractivity contribution in [2.45, 2.75) is 26.6 Å². The van der Waals surface area contributed by atoms with Crippen molar-refractivity contribution >= 4 is 8.32 Å². The van der Waals surface area contributed by atoms with E-state index in [1.807, 2.05) is 13.0 Å². The summed E-state index contributed by atoms with van der Waals surface area (Å²) in [5, 5.41) is 0. The fourth-order valence-corrected chi connectivity index (χ4v) is 1.67. The largest absolute Gasteiger partial charge is 0.546 e. The molecule has 0 fully saturated rings. The maximum absolute atomic E-state index is 5.70. The van der Waals surface area contributed by atoms with Crippen molar-refractivity contribution in [2.24, 2.45) is 0 Å². The highest BCUT2D eigenvalue weighted by atomic mass is 28.4. The van der Waals surface area contributed by atoms with Gasteiger partial charge in [0.2, 0.25) is 8.32 Å². The Morgan fingerprint density at radius 1 is 1.36 bits per heavy atom. The van der Waals surface area contributed by atoms with Gasteiger partial charge in [-0.25, -0.2) is 0 Å². The monoisotopic (exact) mass is 174 g/mol. The summed E-state index contributed by atoms with van der Waals surface area (Å²) < 4.78 is 10.7. The Kier molecular flexibility index (Phi) is 4.45. The lowest BCUT2D eigenvalue weighted by Crippen LogP contribution is -2.26. The van der Waals surface area contributed by atoms with Crippen molar-refractivity contribution in [1.82, 2.24) is 0 Å². The molecule has 0 aromatic heterocycles. The van der Waals surface area contributed by atoms with Gasteiger partial charge in [0.1, 0.15) is 12.4 Å². The highest BCUT2D eigenvalue weighted by molar-refractivity contribution is 6.70. The van der Waals surface area contributed by atoms with Gasteiger partial charge < -0.3 is 9.16 Å². The molecule has 0 aliphatic carbocycles. The van der Waals surface area contributed by atoms with E-state index in [0.717, 1.165) is 5.76 Å². The van der Waals surface area contributed by atoms with Gasteiger partial charge in [-0.05, 0) is 32.6 Å². The second-order valence-electron chi connectivity index (χ2n) is 3.40. The lowest BCUT2D eigenvalue weighted by atomic mass is 10.5. The number of allylic oxidation sites excluding steroid dienone is 1. The van der Waals surface area contributed by atoms with E-state index in [1.165, 1.54) is 0 Å². The minimum absolute atomic E-state index is 0.584. The second-order valence-corrected chi connectivity index (χ2v) is 7.83. The molecular weight excluding hydrogens is 156 g/mol. The van der Waals surface area contributed by atoms with Crippen LogP contribution in [0.25, 0.3) is 0 Å². The van der Waals surface area contributed by atoms with Crippen LogP contribution in [-0.4, -0.2) is 22.0 Å². The third-order valence-electron chi connectivity index (χ3n) is 1.05. The van der Waals surface area contributed by atoms with Gasteiger partial charge in [-0.15, -0.1) is 0 Å². The molecule has 0 saturated heterocycles. The molecule has 0 unspecified atom stereocenters. The predicted octanol–water partition coefficient (Wildman–Crippen LogP) is 2.39. The Morgan fingerprint density at radius 3 is 2.18 bits per heavy atom. The van der Waals surface area contributed by atoms with Crippen LogP contribution >= 0.6 is 0 Å². The first-order valence-corrected chi connectivity index (χ1v) is 7.23. The molecule has 0 heterocycles. The van der Waals surface area contributed by atoms with Gasteiger partial charge in [0.25, 0.3) is 0 Å². The minimum Gasteiger partial charge on any atom is -0.546 e. The lowest BCUT2D eigenvalue weighted by molar-refractivity contribution is 0.187. The molecular formula is C8H18O2Si. The molecule has 2 nitrogen and oxygen atoms in total. The Labute approximate surface area is 70.3 Å². The molecule has 0 N–H and O–H groups in total. The van der Waals surface area contributed by atoms with Crippen molar-refractivity contribution < 1.29 is 9.16 Å². The number of hydrogen-bond donors (Lipinski definition) is 0. The van der Waals surface area contributed by atoms with Gasteiger partial charge in [0.05, 0.1) is 0 Å². The van der Waals surface area contributed by atoms with E-state index < -0.39 is 8.32 Å². The van der Waals surface area contributed by atoms with E-state index in [0.29, 0.717) is 6.61 Å². The third-order valence-corrected chi connectivity index (χ3v) is 1.92. The third kappa shape index (κ3) is 6.13. The Morgan fingerprint density at radius 2 is 1.91 bits per heavy atom. The van der Waals surface area contributed by atoms with Crippen LogP contribution in [0.4, 0.5) is 0 Å². The molecule has 0 spiro atoms. The Bertz CT molecular complexity index is 136. The van der Waals surface area contributed by atoms with Crippen LogP contribution < -0.4 is 0 Å². The normalized spacial score (nSPS) is 13.4. The van der Waals surface area contributed by atoms with Crippen LogP contribution in [0.1, 0.15) is 6.92 Å². The molecule has 0 aliphatic heterocycles. The summed E-state index contributed by atoms with van der Waals surface area (Å²) >= 11 is 0. The molecule has 0 bridgehead atoms. The van der Waals surface area contributed by atoms with Crippen molar-refractivity contribution in [2.75, 3.05) is 13.7 Å². The molecule has 0 rings (SSSR count). The first-order chi connectivity index (χ1) is 4.99. The zero-order chi connectivity index (χ0) is 8.91. The number of hydrogen-bond acceptors (Lipinski definition) is 2. The summed E-state index contributed by atoms with van der Waals surface area (Å²) in [5.74, 6) is 0.951. The van der Waals surface area contributed by atoms with Crippen LogP contribution in [0.3, 0.4) is 0 Å². The summed E-state index contributed by atoms with van der Waals surface area (Å²) in [7, 11) is 0.251. The van der Waals surface area contributed by atoms with E-state index >= 15 is 0 Å². The second kappa shape index (κ2) is 4.57. The molecule has 3 heteroatoms. The van der Waals surface area contributed by atoms with Crippen molar-refractivity contribution in [1.29, 1.82) is 0 Å². The summed E-state index contributed by atoms with van der Waals surface area (Å²) in [4.78, 5) is 0. The maximum Gasteiger partial charge on any atom is 0.241 e. The van der Waals surface area contributed by atoms with E-state index in [2.05, 4.69) is 19.6 Å². The molecule has 0 saturated carbocycles. The molecule has 0 aromatic carbocycles. The average Bonchev–Trinajstić information content (AvgIpc) is 1.84. The summed E-state index contributed by atoms with van der Waals surface area (Å²) in [5.41, 5.74) is 0. The SMILES string of the molecule is C/C=C(\COC)O[Si](C)(C)C. The highest BCUT2D eigenvalue weighted by Crippen LogP contribution is 2.09. The summed E-state index contributed by atoms with van der Waals surface area (Å²) in [6.45, 7) is 9.03. The number of methoxy groups -OCH3 is 1. The standard InChI is InChI=1S/C8H18O2Si/c1-6-8(7-9-2)10-11(3,4)5/h6H,7H2,1-5H3/b8-6+. The fourth-order valence-electron chi connectivity index (χ4n) is 0.707.